The van der Waals surface area contributed by atoms with E-state index in [0.29, 0.717) is 22.7 Å². The molecule has 0 atom stereocenters. The molecule has 2 heterocycles. The molecular weight excluding hydrogens is 374 g/mol. The highest BCUT2D eigenvalue weighted by Crippen LogP contribution is 2.19. The number of carbonyl (C=O) groups is 1. The van der Waals surface area contributed by atoms with Gasteiger partial charge in [-0.1, -0.05) is 23.7 Å². The summed E-state index contributed by atoms with van der Waals surface area (Å²) in [5.74, 6) is -0.177. The molecule has 1 aromatic carbocycles. The van der Waals surface area contributed by atoms with Gasteiger partial charge >= 0.3 is 0 Å². The van der Waals surface area contributed by atoms with E-state index in [2.05, 4.69) is 14.9 Å². The van der Waals surface area contributed by atoms with Crippen molar-refractivity contribution in [1.29, 1.82) is 0 Å². The zero-order chi connectivity index (χ0) is 20.4. The van der Waals surface area contributed by atoms with Crippen LogP contribution in [0.15, 0.2) is 41.3 Å². The first-order valence-electron chi connectivity index (χ1n) is 9.14. The number of nitrogens with zero attached hydrogens (tertiary/aromatic N) is 1. The SMILES string of the molecule is Cc1cc(C)c(CNC(=O)c2c(C)cn(Cc3ccc(Cl)cc3)c2C)c(=O)[nH]1. The average molecular weight is 398 g/mol. The quantitative estimate of drug-likeness (QED) is 0.682. The Balaban J connectivity index is 1.78. The zero-order valence-electron chi connectivity index (χ0n) is 16.5. The molecule has 0 aliphatic carbocycles. The minimum absolute atomic E-state index is 0.161. The van der Waals surface area contributed by atoms with E-state index >= 15 is 0 Å². The first-order valence-corrected chi connectivity index (χ1v) is 9.52. The molecule has 3 rings (SSSR count). The predicted octanol–water partition coefficient (Wildman–Crippen LogP) is 4.04. The first-order chi connectivity index (χ1) is 13.3. The summed E-state index contributed by atoms with van der Waals surface area (Å²) in [4.78, 5) is 27.7. The number of nitrogens with one attached hydrogen (secondary N) is 2. The van der Waals surface area contributed by atoms with Gasteiger partial charge in [0.05, 0.1) is 5.56 Å². The van der Waals surface area contributed by atoms with Crippen LogP contribution in [-0.4, -0.2) is 15.5 Å². The van der Waals surface area contributed by atoms with Crippen LogP contribution >= 0.6 is 11.6 Å². The van der Waals surface area contributed by atoms with Crippen molar-refractivity contribution in [1.82, 2.24) is 14.9 Å². The highest BCUT2D eigenvalue weighted by Gasteiger charge is 2.18. The van der Waals surface area contributed by atoms with E-state index in [1.165, 1.54) is 0 Å². The Labute approximate surface area is 169 Å². The van der Waals surface area contributed by atoms with Gasteiger partial charge in [-0.2, -0.15) is 0 Å². The maximum atomic E-state index is 12.8. The number of hydrogen-bond acceptors (Lipinski definition) is 2. The predicted molar refractivity (Wildman–Crippen MR) is 112 cm³/mol. The van der Waals surface area contributed by atoms with E-state index in [0.717, 1.165) is 28.1 Å². The lowest BCUT2D eigenvalue weighted by molar-refractivity contribution is 0.0949. The van der Waals surface area contributed by atoms with Gasteiger partial charge < -0.3 is 14.9 Å². The summed E-state index contributed by atoms with van der Waals surface area (Å²) in [5.41, 5.74) is 5.64. The van der Waals surface area contributed by atoms with Crippen LogP contribution in [0.25, 0.3) is 0 Å². The molecule has 3 aromatic rings. The second-order valence-electron chi connectivity index (χ2n) is 7.15. The molecule has 2 aromatic heterocycles. The molecule has 0 spiro atoms. The van der Waals surface area contributed by atoms with E-state index in [9.17, 15) is 9.59 Å². The van der Waals surface area contributed by atoms with E-state index < -0.39 is 0 Å². The molecule has 0 aliphatic heterocycles. The van der Waals surface area contributed by atoms with Crippen molar-refractivity contribution >= 4 is 17.5 Å². The highest BCUT2D eigenvalue weighted by atomic mass is 35.5. The number of aromatic amines is 1. The van der Waals surface area contributed by atoms with Crippen molar-refractivity contribution in [3.05, 3.63) is 91.1 Å². The van der Waals surface area contributed by atoms with Crippen LogP contribution < -0.4 is 10.9 Å². The lowest BCUT2D eigenvalue weighted by atomic mass is 10.1. The summed E-state index contributed by atoms with van der Waals surface area (Å²) in [7, 11) is 0. The second-order valence-corrected chi connectivity index (χ2v) is 7.59. The number of carbonyl (C=O) groups excluding carboxylic acids is 1. The fourth-order valence-electron chi connectivity index (χ4n) is 3.48. The van der Waals surface area contributed by atoms with Gasteiger partial charge in [-0.3, -0.25) is 9.59 Å². The van der Waals surface area contributed by atoms with Crippen molar-refractivity contribution in [3.8, 4) is 0 Å². The smallest absolute Gasteiger partial charge is 0.253 e. The van der Waals surface area contributed by atoms with E-state index in [1.807, 2.05) is 64.2 Å². The van der Waals surface area contributed by atoms with Crippen LogP contribution in [0.3, 0.4) is 0 Å². The number of benzene rings is 1. The molecule has 0 saturated carbocycles. The molecule has 5 nitrogen and oxygen atoms in total. The number of rotatable bonds is 5. The molecular formula is C22H24ClN3O2. The van der Waals surface area contributed by atoms with Gasteiger partial charge in [0.2, 0.25) is 0 Å². The number of amides is 1. The Morgan fingerprint density at radius 2 is 1.79 bits per heavy atom. The molecule has 0 fully saturated rings. The minimum atomic E-state index is -0.177. The Bertz CT molecular complexity index is 1080. The lowest BCUT2D eigenvalue weighted by Gasteiger charge is -2.10. The Morgan fingerprint density at radius 1 is 1.11 bits per heavy atom. The monoisotopic (exact) mass is 397 g/mol. The number of halogens is 1. The van der Waals surface area contributed by atoms with E-state index in [4.69, 9.17) is 11.6 Å². The van der Waals surface area contributed by atoms with Crippen LogP contribution in [0.4, 0.5) is 0 Å². The number of pyridine rings is 1. The van der Waals surface area contributed by atoms with Gasteiger partial charge in [-0.05, 0) is 62.6 Å². The molecule has 28 heavy (non-hydrogen) atoms. The molecule has 0 aliphatic rings. The fraction of sp³-hybridized carbons (Fsp3) is 0.273. The summed E-state index contributed by atoms with van der Waals surface area (Å²) in [6.45, 7) is 8.43. The topological polar surface area (TPSA) is 66.9 Å². The molecule has 1 amide bonds. The maximum absolute atomic E-state index is 12.8. The average Bonchev–Trinajstić information content (AvgIpc) is 2.89. The third kappa shape index (κ3) is 4.20. The van der Waals surface area contributed by atoms with Crippen LogP contribution in [0, 0.1) is 27.7 Å². The zero-order valence-corrected chi connectivity index (χ0v) is 17.3. The van der Waals surface area contributed by atoms with Crippen LogP contribution in [0.2, 0.25) is 5.02 Å². The summed E-state index contributed by atoms with van der Waals surface area (Å²) in [6, 6.07) is 9.57. The third-order valence-electron chi connectivity index (χ3n) is 4.95. The van der Waals surface area contributed by atoms with Crippen LogP contribution in [0.1, 0.15) is 44.0 Å². The summed E-state index contributed by atoms with van der Waals surface area (Å²) in [6.07, 6.45) is 1.97. The molecule has 0 bridgehead atoms. The van der Waals surface area contributed by atoms with E-state index in [1.54, 1.807) is 0 Å². The van der Waals surface area contributed by atoms with Gasteiger partial charge in [0.15, 0.2) is 0 Å². The van der Waals surface area contributed by atoms with Crippen LogP contribution in [-0.2, 0) is 13.1 Å². The van der Waals surface area contributed by atoms with Gasteiger partial charge in [-0.15, -0.1) is 0 Å². The first kappa shape index (κ1) is 20.0. The van der Waals surface area contributed by atoms with Crippen molar-refractivity contribution in [3.63, 3.8) is 0 Å². The molecule has 0 saturated heterocycles. The molecule has 0 unspecified atom stereocenters. The van der Waals surface area contributed by atoms with Crippen molar-refractivity contribution in [2.45, 2.75) is 40.8 Å². The molecule has 0 radical (unpaired) electrons. The number of aromatic nitrogens is 2. The normalized spacial score (nSPS) is 10.9. The highest BCUT2D eigenvalue weighted by molar-refractivity contribution is 6.30. The molecule has 6 heteroatoms. The summed E-state index contributed by atoms with van der Waals surface area (Å²) >= 11 is 5.95. The van der Waals surface area contributed by atoms with Gasteiger partial charge in [0, 0.05) is 41.3 Å². The molecule has 146 valence electrons. The summed E-state index contributed by atoms with van der Waals surface area (Å²) < 4.78 is 2.05. The Morgan fingerprint density at radius 3 is 2.43 bits per heavy atom. The molecule has 2 N–H and O–H groups in total. The Hall–Kier alpha value is -2.79. The van der Waals surface area contributed by atoms with Gasteiger partial charge in [0.1, 0.15) is 0 Å². The van der Waals surface area contributed by atoms with Crippen molar-refractivity contribution < 1.29 is 4.79 Å². The fourth-order valence-corrected chi connectivity index (χ4v) is 3.60. The van der Waals surface area contributed by atoms with Crippen molar-refractivity contribution in [2.24, 2.45) is 0 Å². The maximum Gasteiger partial charge on any atom is 0.253 e. The minimum Gasteiger partial charge on any atom is -0.348 e. The summed E-state index contributed by atoms with van der Waals surface area (Å²) in [5, 5.41) is 3.59. The number of aryl methyl sites for hydroxylation is 3. The van der Waals surface area contributed by atoms with Gasteiger partial charge in [-0.25, -0.2) is 0 Å². The number of H-pyrrole nitrogens is 1. The van der Waals surface area contributed by atoms with Crippen LogP contribution in [0.5, 0.6) is 0 Å². The van der Waals surface area contributed by atoms with E-state index in [-0.39, 0.29) is 18.0 Å². The number of hydrogen-bond donors (Lipinski definition) is 2. The van der Waals surface area contributed by atoms with Gasteiger partial charge in [0.25, 0.3) is 11.5 Å². The third-order valence-corrected chi connectivity index (χ3v) is 5.20. The van der Waals surface area contributed by atoms with Crippen molar-refractivity contribution in [2.75, 3.05) is 0 Å². The lowest BCUT2D eigenvalue weighted by Crippen LogP contribution is -2.28. The standard InChI is InChI=1S/C22H24ClN3O2/c1-13-9-15(3)25-21(27)19(13)10-24-22(28)20-14(2)11-26(16(20)4)12-17-5-7-18(23)8-6-17/h5-9,11H,10,12H2,1-4H3,(H,24,28)(H,25,27). The Kier molecular flexibility index (Phi) is 5.75. The second kappa shape index (κ2) is 8.07. The largest absolute Gasteiger partial charge is 0.348 e.